The maximum Gasteiger partial charge on any atom is 0.335 e. The molecule has 2 heteroatoms. The van der Waals surface area contributed by atoms with E-state index in [4.69, 9.17) is 5.11 Å². The molecule has 0 aromatic heterocycles. The van der Waals surface area contributed by atoms with Crippen LogP contribution >= 0.6 is 0 Å². The van der Waals surface area contributed by atoms with Crippen LogP contribution in [0.3, 0.4) is 0 Å². The van der Waals surface area contributed by atoms with Crippen molar-refractivity contribution in [3.05, 3.63) is 84.9 Å². The van der Waals surface area contributed by atoms with Gasteiger partial charge in [-0.05, 0) is 11.1 Å². The quantitative estimate of drug-likeness (QED) is 0.834. The zero-order chi connectivity index (χ0) is 14.1. The summed E-state index contributed by atoms with van der Waals surface area (Å²) in [5.41, 5.74) is 1.96. The molecule has 19 heavy (non-hydrogen) atoms. The molecule has 0 aliphatic rings. The van der Waals surface area contributed by atoms with Crippen LogP contribution in [-0.2, 0) is 4.79 Å². The van der Waals surface area contributed by atoms with Crippen molar-refractivity contribution in [1.29, 1.82) is 0 Å². The van der Waals surface area contributed by atoms with Gasteiger partial charge in [-0.3, -0.25) is 0 Å². The summed E-state index contributed by atoms with van der Waals surface area (Å²) in [5.74, 6) is -0.976. The van der Waals surface area contributed by atoms with Crippen molar-refractivity contribution in [2.45, 2.75) is 0 Å². The molecule has 2 aromatic rings. The summed E-state index contributed by atoms with van der Waals surface area (Å²) in [5, 5.41) is 8.54. The lowest BCUT2D eigenvalue weighted by Crippen LogP contribution is -1.96. The molecule has 0 bridgehead atoms. The van der Waals surface area contributed by atoms with E-state index in [2.05, 4.69) is 13.2 Å². The summed E-state index contributed by atoms with van der Waals surface area (Å²) in [6.45, 7) is 7.06. The number of carbonyl (C=O) groups is 1. The topological polar surface area (TPSA) is 37.3 Å². The molecule has 1 N–H and O–H groups in total. The first-order chi connectivity index (χ1) is 9.15. The molecule has 0 atom stereocenters. The van der Waals surface area contributed by atoms with E-state index in [1.807, 2.05) is 42.5 Å². The van der Waals surface area contributed by atoms with Gasteiger partial charge in [0.1, 0.15) is 0 Å². The molecule has 0 amide bonds. The Hall–Kier alpha value is -2.61. The van der Waals surface area contributed by atoms with Crippen molar-refractivity contribution in [2.75, 3.05) is 0 Å². The molecule has 0 fully saturated rings. The molecule has 0 saturated heterocycles. The second-order valence-corrected chi connectivity index (χ2v) is 3.76. The molecule has 0 unspecified atom stereocenters. The molecule has 0 saturated carbocycles. The van der Waals surface area contributed by atoms with Crippen LogP contribution in [0, 0.1) is 0 Å². The number of carboxylic acid groups (broad SMARTS) is 1. The Kier molecular flexibility index (Phi) is 5.83. The first kappa shape index (κ1) is 14.5. The molecule has 0 radical (unpaired) electrons. The third kappa shape index (κ3) is 5.04. The molecular weight excluding hydrogens is 236 g/mol. The van der Waals surface area contributed by atoms with Crippen LogP contribution in [0.1, 0.15) is 11.1 Å². The Bertz CT molecular complexity index is 542. The average Bonchev–Trinajstić information content (AvgIpc) is 2.48. The highest BCUT2D eigenvalue weighted by molar-refractivity contribution is 6.14. The smallest absolute Gasteiger partial charge is 0.335 e. The van der Waals surface area contributed by atoms with E-state index < -0.39 is 5.97 Å². The van der Waals surface area contributed by atoms with E-state index in [9.17, 15) is 4.79 Å². The van der Waals surface area contributed by atoms with Crippen LogP contribution in [0.5, 0.6) is 0 Å². The lowest BCUT2D eigenvalue weighted by Gasteiger charge is -1.97. The maximum atomic E-state index is 10.4. The van der Waals surface area contributed by atoms with Gasteiger partial charge in [0.15, 0.2) is 0 Å². The van der Waals surface area contributed by atoms with Gasteiger partial charge in [-0.1, -0.05) is 79.9 Å². The molecule has 0 heterocycles. The zero-order valence-electron chi connectivity index (χ0n) is 10.6. The Morgan fingerprint density at radius 2 is 1.42 bits per heavy atom. The summed E-state index contributed by atoms with van der Waals surface area (Å²) in [6, 6.07) is 18.9. The van der Waals surface area contributed by atoms with Gasteiger partial charge in [-0.15, -0.1) is 0 Å². The van der Waals surface area contributed by atoms with E-state index in [0.29, 0.717) is 5.56 Å². The van der Waals surface area contributed by atoms with Gasteiger partial charge >= 0.3 is 5.97 Å². The van der Waals surface area contributed by atoms with Crippen molar-refractivity contribution in [1.82, 2.24) is 0 Å². The van der Waals surface area contributed by atoms with Gasteiger partial charge in [0.25, 0.3) is 0 Å². The molecule has 0 aliphatic heterocycles. The van der Waals surface area contributed by atoms with Crippen molar-refractivity contribution in [2.24, 2.45) is 0 Å². The predicted molar refractivity (Wildman–Crippen MR) is 79.6 cm³/mol. The van der Waals surface area contributed by atoms with Crippen LogP contribution in [0.15, 0.2) is 73.8 Å². The summed E-state index contributed by atoms with van der Waals surface area (Å²) in [7, 11) is 0. The summed E-state index contributed by atoms with van der Waals surface area (Å²) < 4.78 is 0. The third-order valence-electron chi connectivity index (χ3n) is 2.42. The van der Waals surface area contributed by atoms with Crippen LogP contribution < -0.4 is 0 Å². The molecule has 0 aliphatic carbocycles. The van der Waals surface area contributed by atoms with Gasteiger partial charge in [0, 0.05) is 0 Å². The third-order valence-corrected chi connectivity index (χ3v) is 2.42. The number of rotatable bonds is 3. The highest BCUT2D eigenvalue weighted by Crippen LogP contribution is 2.10. The second kappa shape index (κ2) is 7.67. The van der Waals surface area contributed by atoms with Crippen LogP contribution in [0.2, 0.25) is 0 Å². The molecule has 2 rings (SSSR count). The van der Waals surface area contributed by atoms with Crippen LogP contribution in [0.25, 0.3) is 11.6 Å². The molecule has 2 aromatic carbocycles. The van der Waals surface area contributed by atoms with E-state index in [1.54, 1.807) is 24.3 Å². The lowest BCUT2D eigenvalue weighted by atomic mass is 10.1. The fourth-order valence-electron chi connectivity index (χ4n) is 1.35. The van der Waals surface area contributed by atoms with Crippen LogP contribution in [0.4, 0.5) is 0 Å². The van der Waals surface area contributed by atoms with E-state index in [0.717, 1.165) is 0 Å². The van der Waals surface area contributed by atoms with Gasteiger partial charge in [0.05, 0.1) is 5.57 Å². The monoisotopic (exact) mass is 252 g/mol. The fourth-order valence-corrected chi connectivity index (χ4v) is 1.35. The van der Waals surface area contributed by atoms with Gasteiger partial charge in [-0.25, -0.2) is 4.79 Å². The Balaban J connectivity index is 0.000000200. The second-order valence-electron chi connectivity index (χ2n) is 3.76. The van der Waals surface area contributed by atoms with E-state index in [1.165, 1.54) is 5.56 Å². The molecule has 2 nitrogen and oxygen atoms in total. The minimum Gasteiger partial charge on any atom is -0.478 e. The Labute approximate surface area is 113 Å². The maximum absolute atomic E-state index is 10.4. The highest BCUT2D eigenvalue weighted by Gasteiger charge is 2.04. The summed E-state index contributed by atoms with van der Waals surface area (Å²) >= 11 is 0. The normalized spacial score (nSPS) is 8.84. The number of hydrogen-bond acceptors (Lipinski definition) is 1. The van der Waals surface area contributed by atoms with Gasteiger partial charge in [-0.2, -0.15) is 0 Å². The Morgan fingerprint density at radius 3 is 1.79 bits per heavy atom. The highest BCUT2D eigenvalue weighted by atomic mass is 16.4. The van der Waals surface area contributed by atoms with Crippen molar-refractivity contribution in [3.8, 4) is 0 Å². The summed E-state index contributed by atoms with van der Waals surface area (Å²) in [6.07, 6.45) is 1.83. The SMILES string of the molecule is C=C(C(=O)O)c1ccccc1.C=Cc1ccccc1. The largest absolute Gasteiger partial charge is 0.478 e. The first-order valence-corrected chi connectivity index (χ1v) is 5.80. The molecular formula is C17H16O2. The summed E-state index contributed by atoms with van der Waals surface area (Å²) in [4.78, 5) is 10.4. The standard InChI is InChI=1S/C9H8O2.C8H8/c1-7(9(10)11)8-5-3-2-4-6-8;1-2-8-6-4-3-5-7-8/h2-6H,1H2,(H,10,11);2-7H,1H2. The number of aliphatic carboxylic acids is 1. The average molecular weight is 252 g/mol. The fraction of sp³-hybridized carbons (Fsp3) is 0. The number of hydrogen-bond donors (Lipinski definition) is 1. The van der Waals surface area contributed by atoms with E-state index >= 15 is 0 Å². The molecule has 96 valence electrons. The van der Waals surface area contributed by atoms with E-state index in [-0.39, 0.29) is 5.57 Å². The van der Waals surface area contributed by atoms with Crippen molar-refractivity contribution >= 4 is 17.6 Å². The Morgan fingerprint density at radius 1 is 0.947 bits per heavy atom. The van der Waals surface area contributed by atoms with Crippen molar-refractivity contribution < 1.29 is 9.90 Å². The van der Waals surface area contributed by atoms with Crippen molar-refractivity contribution in [3.63, 3.8) is 0 Å². The van der Waals surface area contributed by atoms with Gasteiger partial charge in [0.2, 0.25) is 0 Å². The first-order valence-electron chi connectivity index (χ1n) is 5.80. The predicted octanol–water partition coefficient (Wildman–Crippen LogP) is 4.11. The van der Waals surface area contributed by atoms with Gasteiger partial charge < -0.3 is 5.11 Å². The van der Waals surface area contributed by atoms with Crippen LogP contribution in [-0.4, -0.2) is 11.1 Å². The lowest BCUT2D eigenvalue weighted by molar-refractivity contribution is -0.130. The number of carboxylic acids is 1. The molecule has 0 spiro atoms. The minimum absolute atomic E-state index is 0.130. The zero-order valence-corrected chi connectivity index (χ0v) is 10.6. The number of benzene rings is 2. The minimum atomic E-state index is -0.976.